The van der Waals surface area contributed by atoms with E-state index in [1.54, 1.807) is 18.2 Å². The lowest BCUT2D eigenvalue weighted by Crippen LogP contribution is -2.27. The molecule has 0 atom stereocenters. The Labute approximate surface area is 190 Å². The maximum absolute atomic E-state index is 12.7. The lowest BCUT2D eigenvalue weighted by atomic mass is 10.1. The van der Waals surface area contributed by atoms with Crippen LogP contribution in [0.2, 0.25) is 5.02 Å². The summed E-state index contributed by atoms with van der Waals surface area (Å²) in [5, 5.41) is 0.341. The lowest BCUT2D eigenvalue weighted by Gasteiger charge is -2.12. The van der Waals surface area contributed by atoms with E-state index in [4.69, 9.17) is 16.3 Å². The van der Waals surface area contributed by atoms with E-state index in [1.807, 2.05) is 48.5 Å². The minimum Gasteiger partial charge on any atom is -0.489 e. The summed E-state index contributed by atoms with van der Waals surface area (Å²) in [4.78, 5) is 26.7. The molecule has 0 aromatic heterocycles. The highest BCUT2D eigenvalue weighted by molar-refractivity contribution is 8.18. The molecule has 1 heterocycles. The molecule has 0 N–H and O–H groups in total. The number of ether oxygens (including phenoxy) is 1. The number of hydrogen-bond acceptors (Lipinski definition) is 4. The lowest BCUT2D eigenvalue weighted by molar-refractivity contribution is -0.123. The second kappa shape index (κ2) is 9.41. The Balaban J connectivity index is 1.39. The molecule has 3 aromatic carbocycles. The molecular formula is C25H20ClNO3S. The zero-order valence-corrected chi connectivity index (χ0v) is 18.5. The monoisotopic (exact) mass is 449 g/mol. The molecule has 1 saturated heterocycles. The summed E-state index contributed by atoms with van der Waals surface area (Å²) in [6, 6.07) is 22.8. The van der Waals surface area contributed by atoms with Gasteiger partial charge in [-0.3, -0.25) is 14.5 Å². The highest BCUT2D eigenvalue weighted by Crippen LogP contribution is 2.33. The van der Waals surface area contributed by atoms with Crippen LogP contribution in [0.25, 0.3) is 6.08 Å². The summed E-state index contributed by atoms with van der Waals surface area (Å²) >= 11 is 6.85. The van der Waals surface area contributed by atoms with E-state index in [0.717, 1.165) is 34.2 Å². The highest BCUT2D eigenvalue weighted by Gasteiger charge is 2.34. The third-order valence-electron chi connectivity index (χ3n) is 4.83. The molecule has 156 valence electrons. The molecule has 0 aliphatic carbocycles. The molecule has 4 rings (SSSR count). The van der Waals surface area contributed by atoms with Gasteiger partial charge in [0, 0.05) is 5.02 Å². The topological polar surface area (TPSA) is 46.6 Å². The molecule has 0 radical (unpaired) electrons. The number of amides is 2. The van der Waals surface area contributed by atoms with Gasteiger partial charge in [0.2, 0.25) is 0 Å². The molecule has 0 saturated carbocycles. The third kappa shape index (κ3) is 5.37. The van der Waals surface area contributed by atoms with Crippen LogP contribution in [0.3, 0.4) is 0 Å². The van der Waals surface area contributed by atoms with Crippen LogP contribution in [0.1, 0.15) is 22.3 Å². The Morgan fingerprint density at radius 3 is 2.23 bits per heavy atom. The minimum atomic E-state index is -0.287. The van der Waals surface area contributed by atoms with Crippen molar-refractivity contribution < 1.29 is 14.3 Å². The summed E-state index contributed by atoms with van der Waals surface area (Å²) in [5.74, 6) is 0.457. The van der Waals surface area contributed by atoms with Gasteiger partial charge in [-0.25, -0.2) is 0 Å². The molecule has 4 nitrogen and oxygen atoms in total. The van der Waals surface area contributed by atoms with E-state index in [0.29, 0.717) is 16.5 Å². The first-order valence-electron chi connectivity index (χ1n) is 9.76. The average molecular weight is 450 g/mol. The van der Waals surface area contributed by atoms with Crippen molar-refractivity contribution in [3.05, 3.63) is 105 Å². The summed E-state index contributed by atoms with van der Waals surface area (Å²) in [6.07, 6.45) is 1.73. The molecule has 2 amide bonds. The predicted molar refractivity (Wildman–Crippen MR) is 125 cm³/mol. The fourth-order valence-electron chi connectivity index (χ4n) is 3.07. The van der Waals surface area contributed by atoms with Gasteiger partial charge in [0.25, 0.3) is 11.1 Å². The van der Waals surface area contributed by atoms with Gasteiger partial charge in [0.05, 0.1) is 11.4 Å². The van der Waals surface area contributed by atoms with Crippen molar-refractivity contribution in [3.8, 4) is 5.75 Å². The van der Waals surface area contributed by atoms with Crippen LogP contribution >= 0.6 is 23.4 Å². The average Bonchev–Trinajstić information content (AvgIpc) is 3.03. The third-order valence-corrected chi connectivity index (χ3v) is 5.99. The van der Waals surface area contributed by atoms with E-state index in [1.165, 1.54) is 10.5 Å². The van der Waals surface area contributed by atoms with E-state index in [2.05, 4.69) is 19.1 Å². The second-order valence-electron chi connectivity index (χ2n) is 7.24. The molecule has 0 bridgehead atoms. The van der Waals surface area contributed by atoms with E-state index >= 15 is 0 Å². The van der Waals surface area contributed by atoms with E-state index < -0.39 is 0 Å². The van der Waals surface area contributed by atoms with Crippen LogP contribution in [0.15, 0.2) is 77.7 Å². The van der Waals surface area contributed by atoms with Crippen molar-refractivity contribution in [2.45, 2.75) is 20.1 Å². The Hall–Kier alpha value is -3.02. The summed E-state index contributed by atoms with van der Waals surface area (Å²) in [6.45, 7) is 2.77. The van der Waals surface area contributed by atoms with Crippen molar-refractivity contribution in [2.75, 3.05) is 0 Å². The SMILES string of the molecule is Cc1ccc(COc2ccc(C=C3SC(=O)N(Cc4ccc(Cl)cc4)C3=O)cc2)cc1. The maximum Gasteiger partial charge on any atom is 0.293 e. The van der Waals surface area contributed by atoms with Crippen LogP contribution in [0.4, 0.5) is 4.79 Å². The van der Waals surface area contributed by atoms with E-state index in [-0.39, 0.29) is 17.7 Å². The van der Waals surface area contributed by atoms with Gasteiger partial charge in [0.15, 0.2) is 0 Å². The van der Waals surface area contributed by atoms with Gasteiger partial charge in [-0.1, -0.05) is 65.7 Å². The van der Waals surface area contributed by atoms with Crippen LogP contribution in [0, 0.1) is 6.92 Å². The quantitative estimate of drug-likeness (QED) is 0.405. The molecule has 0 unspecified atom stereocenters. The Morgan fingerprint density at radius 1 is 0.903 bits per heavy atom. The number of imide groups is 1. The summed E-state index contributed by atoms with van der Waals surface area (Å²) in [5.41, 5.74) is 4.00. The zero-order chi connectivity index (χ0) is 21.8. The number of aryl methyl sites for hydroxylation is 1. The van der Waals surface area contributed by atoms with Crippen LogP contribution in [0.5, 0.6) is 5.75 Å². The molecule has 0 spiro atoms. The predicted octanol–water partition coefficient (Wildman–Crippen LogP) is 6.46. The van der Waals surface area contributed by atoms with Crippen LogP contribution in [-0.2, 0) is 17.9 Å². The molecule has 31 heavy (non-hydrogen) atoms. The zero-order valence-electron chi connectivity index (χ0n) is 16.9. The van der Waals surface area contributed by atoms with Crippen molar-refractivity contribution in [3.63, 3.8) is 0 Å². The number of nitrogens with zero attached hydrogens (tertiary/aromatic N) is 1. The van der Waals surface area contributed by atoms with Crippen molar-refractivity contribution in [1.82, 2.24) is 4.90 Å². The van der Waals surface area contributed by atoms with Gasteiger partial charge < -0.3 is 4.74 Å². The minimum absolute atomic E-state index is 0.227. The Bertz CT molecular complexity index is 1120. The van der Waals surface area contributed by atoms with E-state index in [9.17, 15) is 9.59 Å². The largest absolute Gasteiger partial charge is 0.489 e. The number of hydrogen-bond donors (Lipinski definition) is 0. The van der Waals surface area contributed by atoms with Gasteiger partial charge in [-0.15, -0.1) is 0 Å². The molecule has 1 fully saturated rings. The smallest absolute Gasteiger partial charge is 0.293 e. The fourth-order valence-corrected chi connectivity index (χ4v) is 4.04. The van der Waals surface area contributed by atoms with Crippen molar-refractivity contribution >= 4 is 40.6 Å². The number of carbonyl (C=O) groups is 2. The summed E-state index contributed by atoms with van der Waals surface area (Å²) < 4.78 is 5.82. The van der Waals surface area contributed by atoms with Crippen molar-refractivity contribution in [1.29, 1.82) is 0 Å². The fraction of sp³-hybridized carbons (Fsp3) is 0.120. The second-order valence-corrected chi connectivity index (χ2v) is 8.67. The number of thioether (sulfide) groups is 1. The Morgan fingerprint density at radius 2 is 1.55 bits per heavy atom. The van der Waals surface area contributed by atoms with Crippen LogP contribution in [-0.4, -0.2) is 16.0 Å². The van der Waals surface area contributed by atoms with Crippen LogP contribution < -0.4 is 4.74 Å². The maximum atomic E-state index is 12.7. The van der Waals surface area contributed by atoms with Gasteiger partial charge >= 0.3 is 0 Å². The Kier molecular flexibility index (Phi) is 6.44. The molecule has 1 aliphatic rings. The first kappa shape index (κ1) is 21.2. The van der Waals surface area contributed by atoms with Gasteiger partial charge in [-0.05, 0) is 65.7 Å². The first-order chi connectivity index (χ1) is 15.0. The standard InChI is InChI=1S/C25H20ClNO3S/c1-17-2-4-20(5-3-17)16-30-22-12-8-18(9-13-22)14-23-24(28)27(25(29)31-23)15-19-6-10-21(26)11-7-19/h2-14H,15-16H2,1H3. The molecular weight excluding hydrogens is 430 g/mol. The number of carbonyl (C=O) groups excluding carboxylic acids is 2. The number of benzene rings is 3. The normalized spacial score (nSPS) is 15.0. The molecule has 3 aromatic rings. The summed E-state index contributed by atoms with van der Waals surface area (Å²) in [7, 11) is 0. The van der Waals surface area contributed by atoms with Crippen molar-refractivity contribution in [2.24, 2.45) is 0 Å². The van der Waals surface area contributed by atoms with Gasteiger partial charge in [0.1, 0.15) is 12.4 Å². The molecule has 1 aliphatic heterocycles. The first-order valence-corrected chi connectivity index (χ1v) is 11.0. The number of halogens is 1. The number of rotatable bonds is 6. The molecule has 6 heteroatoms. The van der Waals surface area contributed by atoms with Gasteiger partial charge in [-0.2, -0.15) is 0 Å². The highest BCUT2D eigenvalue weighted by atomic mass is 35.5.